The van der Waals surface area contributed by atoms with Crippen LogP contribution in [0.2, 0.25) is 0 Å². The summed E-state index contributed by atoms with van der Waals surface area (Å²) in [5.41, 5.74) is 0. The molecule has 6 atom stereocenters. The lowest BCUT2D eigenvalue weighted by molar-refractivity contribution is -0.243. The van der Waals surface area contributed by atoms with Crippen molar-refractivity contribution in [2.24, 2.45) is 0 Å². The molecule has 0 unspecified atom stereocenters. The number of carbonyl (C=O) groups is 1. The van der Waals surface area contributed by atoms with Gasteiger partial charge in [-0.3, -0.25) is 4.79 Å². The largest absolute Gasteiger partial charge is 0.457 e. The van der Waals surface area contributed by atoms with E-state index in [2.05, 4.69) is 0 Å². The second-order valence-electron chi connectivity index (χ2n) is 5.36. The lowest BCUT2D eigenvalue weighted by Crippen LogP contribution is -2.65. The fraction of sp³-hybridized carbons (Fsp3) is 0.929. The molecule has 1 aliphatic carbocycles. The highest BCUT2D eigenvalue weighted by atomic mass is 16.6. The predicted octanol–water partition coefficient (Wildman–Crippen LogP) is -0.659. The number of ether oxygens (including phenoxy) is 2. The van der Waals surface area contributed by atoms with E-state index in [1.807, 2.05) is 6.92 Å². The summed E-state index contributed by atoms with van der Waals surface area (Å²) in [6.07, 6.45) is -5.99. The van der Waals surface area contributed by atoms with Crippen molar-refractivity contribution in [2.45, 2.75) is 76.2 Å². The topological polar surface area (TPSA) is 116 Å². The molecule has 0 aromatic carbocycles. The molecule has 0 radical (unpaired) electrons. The van der Waals surface area contributed by atoms with Crippen LogP contribution < -0.4 is 0 Å². The van der Waals surface area contributed by atoms with Crippen molar-refractivity contribution in [2.75, 3.05) is 6.61 Å². The fourth-order valence-electron chi connectivity index (χ4n) is 2.29. The third kappa shape index (κ3) is 4.62. The third-order valence-electron chi connectivity index (χ3n) is 3.58. The second kappa shape index (κ2) is 8.65. The van der Waals surface area contributed by atoms with E-state index in [9.17, 15) is 25.2 Å². The molecule has 1 saturated carbocycles. The molecule has 0 spiro atoms. The minimum Gasteiger partial charge on any atom is -0.457 e. The van der Waals surface area contributed by atoms with E-state index >= 15 is 0 Å². The van der Waals surface area contributed by atoms with Crippen LogP contribution in [-0.2, 0) is 14.3 Å². The SMILES string of the molecule is CCCCO[C@@H]1[C@@H](O)[C@H](O)[C@@H](O)[C@H](O)[C@@H]1OC(=O)CCC. The molecule has 0 saturated heterocycles. The first-order valence-corrected chi connectivity index (χ1v) is 7.47. The Morgan fingerprint density at radius 1 is 0.905 bits per heavy atom. The van der Waals surface area contributed by atoms with E-state index in [-0.39, 0.29) is 6.42 Å². The summed E-state index contributed by atoms with van der Waals surface area (Å²) in [7, 11) is 0. The molecule has 0 aliphatic heterocycles. The first-order chi connectivity index (χ1) is 9.93. The van der Waals surface area contributed by atoms with Crippen LogP contribution in [0.15, 0.2) is 0 Å². The Morgan fingerprint density at radius 2 is 1.48 bits per heavy atom. The number of hydrogen-bond donors (Lipinski definition) is 4. The van der Waals surface area contributed by atoms with Gasteiger partial charge in [0.15, 0.2) is 6.10 Å². The summed E-state index contributed by atoms with van der Waals surface area (Å²) in [5, 5.41) is 39.4. The first kappa shape index (κ1) is 18.3. The van der Waals surface area contributed by atoms with E-state index in [0.717, 1.165) is 12.8 Å². The predicted molar refractivity (Wildman–Crippen MR) is 73.5 cm³/mol. The Labute approximate surface area is 124 Å². The van der Waals surface area contributed by atoms with Gasteiger partial charge >= 0.3 is 5.97 Å². The van der Waals surface area contributed by atoms with Crippen molar-refractivity contribution < 1.29 is 34.7 Å². The van der Waals surface area contributed by atoms with Crippen LogP contribution >= 0.6 is 0 Å². The van der Waals surface area contributed by atoms with Gasteiger partial charge in [0.2, 0.25) is 0 Å². The van der Waals surface area contributed by atoms with Gasteiger partial charge in [-0.1, -0.05) is 20.3 Å². The third-order valence-corrected chi connectivity index (χ3v) is 3.58. The maximum atomic E-state index is 11.6. The van der Waals surface area contributed by atoms with Gasteiger partial charge in [0.05, 0.1) is 0 Å². The Bertz CT molecular complexity index is 322. The summed E-state index contributed by atoms with van der Waals surface area (Å²) in [6, 6.07) is 0. The molecule has 0 aromatic heterocycles. The van der Waals surface area contributed by atoms with Gasteiger partial charge in [0, 0.05) is 13.0 Å². The van der Waals surface area contributed by atoms with Crippen LogP contribution in [0.5, 0.6) is 0 Å². The number of rotatable bonds is 7. The van der Waals surface area contributed by atoms with Crippen molar-refractivity contribution in [3.63, 3.8) is 0 Å². The van der Waals surface area contributed by atoms with Crippen LogP contribution in [0.4, 0.5) is 0 Å². The zero-order chi connectivity index (χ0) is 16.0. The van der Waals surface area contributed by atoms with Crippen LogP contribution in [0.1, 0.15) is 39.5 Å². The van der Waals surface area contributed by atoms with Gasteiger partial charge in [0.1, 0.15) is 30.5 Å². The van der Waals surface area contributed by atoms with Crippen molar-refractivity contribution >= 4 is 5.97 Å². The lowest BCUT2D eigenvalue weighted by atomic mass is 9.84. The van der Waals surface area contributed by atoms with E-state index in [1.54, 1.807) is 6.92 Å². The van der Waals surface area contributed by atoms with Crippen molar-refractivity contribution in [1.29, 1.82) is 0 Å². The van der Waals surface area contributed by atoms with Gasteiger partial charge in [-0.05, 0) is 12.8 Å². The minimum atomic E-state index is -1.59. The molecule has 7 heteroatoms. The Balaban J connectivity index is 2.80. The van der Waals surface area contributed by atoms with E-state index in [1.165, 1.54) is 0 Å². The number of carbonyl (C=O) groups excluding carboxylic acids is 1. The number of unbranched alkanes of at least 4 members (excludes halogenated alkanes) is 1. The molecule has 0 bridgehead atoms. The monoisotopic (exact) mass is 306 g/mol. The minimum absolute atomic E-state index is 0.166. The molecule has 1 aliphatic rings. The Hall–Kier alpha value is -0.730. The average Bonchev–Trinajstić information content (AvgIpc) is 2.46. The lowest BCUT2D eigenvalue weighted by Gasteiger charge is -2.43. The van der Waals surface area contributed by atoms with Crippen molar-refractivity contribution in [3.05, 3.63) is 0 Å². The van der Waals surface area contributed by atoms with Crippen LogP contribution in [0.3, 0.4) is 0 Å². The van der Waals surface area contributed by atoms with Crippen LogP contribution in [0.25, 0.3) is 0 Å². The Morgan fingerprint density at radius 3 is 2.00 bits per heavy atom. The van der Waals surface area contributed by atoms with E-state index in [4.69, 9.17) is 9.47 Å². The summed E-state index contributed by atoms with van der Waals surface area (Å²) in [6.45, 7) is 4.07. The first-order valence-electron chi connectivity index (χ1n) is 7.47. The molecule has 0 heterocycles. The number of aliphatic hydroxyl groups excluding tert-OH is 4. The van der Waals surface area contributed by atoms with Gasteiger partial charge in [0.25, 0.3) is 0 Å². The number of esters is 1. The molecule has 4 N–H and O–H groups in total. The summed E-state index contributed by atoms with van der Waals surface area (Å²) >= 11 is 0. The maximum absolute atomic E-state index is 11.6. The molecule has 1 fully saturated rings. The van der Waals surface area contributed by atoms with Gasteiger partial charge in [-0.15, -0.1) is 0 Å². The Kier molecular flexibility index (Phi) is 7.55. The van der Waals surface area contributed by atoms with Gasteiger partial charge < -0.3 is 29.9 Å². The maximum Gasteiger partial charge on any atom is 0.306 e. The van der Waals surface area contributed by atoms with E-state index < -0.39 is 42.6 Å². The highest BCUT2D eigenvalue weighted by molar-refractivity contribution is 5.69. The van der Waals surface area contributed by atoms with Crippen LogP contribution in [-0.4, -0.2) is 69.6 Å². The summed E-state index contributed by atoms with van der Waals surface area (Å²) < 4.78 is 10.6. The molecule has 124 valence electrons. The summed E-state index contributed by atoms with van der Waals surface area (Å²) in [5.74, 6) is -0.540. The fourth-order valence-corrected chi connectivity index (χ4v) is 2.29. The normalized spacial score (nSPS) is 36.5. The summed E-state index contributed by atoms with van der Waals surface area (Å²) in [4.78, 5) is 11.6. The van der Waals surface area contributed by atoms with Crippen molar-refractivity contribution in [3.8, 4) is 0 Å². The zero-order valence-electron chi connectivity index (χ0n) is 12.5. The molecule has 21 heavy (non-hydrogen) atoms. The molecule has 1 rings (SSSR count). The molecular weight excluding hydrogens is 280 g/mol. The van der Waals surface area contributed by atoms with E-state index in [0.29, 0.717) is 13.0 Å². The molecular formula is C14H26O7. The smallest absolute Gasteiger partial charge is 0.306 e. The number of hydrogen-bond acceptors (Lipinski definition) is 7. The highest BCUT2D eigenvalue weighted by Crippen LogP contribution is 2.27. The molecule has 7 nitrogen and oxygen atoms in total. The molecule has 0 amide bonds. The zero-order valence-corrected chi connectivity index (χ0v) is 12.5. The van der Waals surface area contributed by atoms with Crippen LogP contribution in [0, 0.1) is 0 Å². The van der Waals surface area contributed by atoms with Gasteiger partial charge in [-0.25, -0.2) is 0 Å². The highest BCUT2D eigenvalue weighted by Gasteiger charge is 2.51. The number of aliphatic hydroxyl groups is 4. The second-order valence-corrected chi connectivity index (χ2v) is 5.36. The van der Waals surface area contributed by atoms with Crippen molar-refractivity contribution in [1.82, 2.24) is 0 Å². The average molecular weight is 306 g/mol. The molecule has 0 aromatic rings. The quantitative estimate of drug-likeness (QED) is 0.364. The van der Waals surface area contributed by atoms with Gasteiger partial charge in [-0.2, -0.15) is 0 Å². The standard InChI is InChI=1S/C14H26O7/c1-3-5-7-20-13-11(18)9(16)10(17)12(19)14(13)21-8(15)6-4-2/h9-14,16-19H,3-7H2,1-2H3/t9-,10-,11+,12+,13-,14+/m1/s1.